The van der Waals surface area contributed by atoms with Gasteiger partial charge in [-0.1, -0.05) is 13.3 Å². The van der Waals surface area contributed by atoms with Gasteiger partial charge < -0.3 is 0 Å². The van der Waals surface area contributed by atoms with Crippen molar-refractivity contribution in [2.45, 2.75) is 46.1 Å². The first-order valence-corrected chi connectivity index (χ1v) is 3.62. The maximum absolute atomic E-state index is 4.32. The fourth-order valence-electron chi connectivity index (χ4n) is 1.03. The van der Waals surface area contributed by atoms with Crippen molar-refractivity contribution in [2.75, 3.05) is 0 Å². The summed E-state index contributed by atoms with van der Waals surface area (Å²) in [7, 11) is 0. The van der Waals surface area contributed by atoms with Crippen LogP contribution in [0.1, 0.15) is 40.5 Å². The van der Waals surface area contributed by atoms with Crippen molar-refractivity contribution in [1.29, 1.82) is 0 Å². The van der Waals surface area contributed by atoms with Crippen LogP contribution in [-0.4, -0.2) is 11.8 Å². The van der Waals surface area contributed by atoms with Crippen LogP contribution in [0.15, 0.2) is 4.99 Å². The van der Waals surface area contributed by atoms with Crippen LogP contribution < -0.4 is 0 Å². The third-order valence-corrected chi connectivity index (χ3v) is 1.34. The summed E-state index contributed by atoms with van der Waals surface area (Å²) in [4.78, 5) is 4.32. The summed E-state index contributed by atoms with van der Waals surface area (Å²) in [5.74, 6) is 0. The van der Waals surface area contributed by atoms with E-state index in [-0.39, 0.29) is 5.54 Å². The van der Waals surface area contributed by atoms with Crippen molar-refractivity contribution < 1.29 is 0 Å². The Kier molecular flexibility index (Phi) is 3.52. The Labute approximate surface area is 58.2 Å². The lowest BCUT2D eigenvalue weighted by Gasteiger charge is -2.17. The maximum atomic E-state index is 4.32. The second kappa shape index (κ2) is 3.65. The fourth-order valence-corrected chi connectivity index (χ4v) is 1.03. The molecule has 0 aromatic carbocycles. The summed E-state index contributed by atoms with van der Waals surface area (Å²) in [5, 5.41) is 0. The van der Waals surface area contributed by atoms with E-state index in [1.54, 1.807) is 0 Å². The van der Waals surface area contributed by atoms with Gasteiger partial charge in [-0.2, -0.15) is 0 Å². The van der Waals surface area contributed by atoms with Gasteiger partial charge in [-0.05, 0) is 33.4 Å². The highest BCUT2D eigenvalue weighted by molar-refractivity contribution is 5.53. The predicted octanol–water partition coefficient (Wildman–Crippen LogP) is 2.66. The summed E-state index contributed by atoms with van der Waals surface area (Å²) < 4.78 is 0. The van der Waals surface area contributed by atoms with E-state index in [9.17, 15) is 0 Å². The molecule has 0 heterocycles. The Bertz CT molecular complexity index is 92.7. The summed E-state index contributed by atoms with van der Waals surface area (Å²) >= 11 is 0. The van der Waals surface area contributed by atoms with Crippen LogP contribution in [0.25, 0.3) is 0 Å². The van der Waals surface area contributed by atoms with E-state index in [0.29, 0.717) is 0 Å². The molecule has 9 heavy (non-hydrogen) atoms. The Morgan fingerprint density at radius 1 is 1.44 bits per heavy atom. The summed E-state index contributed by atoms with van der Waals surface area (Å²) in [6, 6.07) is 0. The molecule has 0 radical (unpaired) electrons. The van der Waals surface area contributed by atoms with Crippen LogP contribution >= 0.6 is 0 Å². The molecule has 54 valence electrons. The van der Waals surface area contributed by atoms with E-state index in [1.165, 1.54) is 12.8 Å². The van der Waals surface area contributed by atoms with Gasteiger partial charge in [-0.3, -0.25) is 4.99 Å². The number of hydrogen-bond acceptors (Lipinski definition) is 1. The van der Waals surface area contributed by atoms with Crippen molar-refractivity contribution in [2.24, 2.45) is 4.99 Å². The smallest absolute Gasteiger partial charge is 0.0548 e. The van der Waals surface area contributed by atoms with Crippen LogP contribution in [0, 0.1) is 0 Å². The first-order chi connectivity index (χ1) is 4.12. The minimum Gasteiger partial charge on any atom is -0.292 e. The van der Waals surface area contributed by atoms with E-state index in [4.69, 9.17) is 0 Å². The fraction of sp³-hybridized carbons (Fsp3) is 0.875. The molecule has 0 fully saturated rings. The first-order valence-electron chi connectivity index (χ1n) is 3.62. The molecule has 0 unspecified atom stereocenters. The molecule has 0 aliphatic rings. The first kappa shape index (κ1) is 8.67. The molecule has 0 saturated heterocycles. The summed E-state index contributed by atoms with van der Waals surface area (Å²) in [6.45, 7) is 8.48. The van der Waals surface area contributed by atoms with Crippen LogP contribution in [0.5, 0.6) is 0 Å². The van der Waals surface area contributed by atoms with E-state index in [0.717, 1.165) is 0 Å². The summed E-state index contributed by atoms with van der Waals surface area (Å²) in [6.07, 6.45) is 4.28. The second-order valence-corrected chi connectivity index (χ2v) is 2.95. The SMILES string of the molecule is CC=NC(C)(C)CCC. The Morgan fingerprint density at radius 3 is 2.33 bits per heavy atom. The largest absolute Gasteiger partial charge is 0.292 e. The molecule has 0 aromatic rings. The molecule has 0 spiro atoms. The zero-order valence-electron chi connectivity index (χ0n) is 6.94. The van der Waals surface area contributed by atoms with E-state index in [1.807, 2.05) is 13.1 Å². The standard InChI is InChI=1S/C8H17N/c1-5-7-8(3,4)9-6-2/h6H,5,7H2,1-4H3. The molecule has 0 aromatic heterocycles. The zero-order chi connectivity index (χ0) is 7.33. The van der Waals surface area contributed by atoms with Gasteiger partial charge in [0, 0.05) is 0 Å². The van der Waals surface area contributed by atoms with E-state index >= 15 is 0 Å². The third-order valence-electron chi connectivity index (χ3n) is 1.34. The number of hydrogen-bond donors (Lipinski definition) is 0. The Morgan fingerprint density at radius 2 is 2.00 bits per heavy atom. The van der Waals surface area contributed by atoms with E-state index in [2.05, 4.69) is 25.8 Å². The van der Waals surface area contributed by atoms with Crippen LogP contribution in [0.2, 0.25) is 0 Å². The molecule has 0 bridgehead atoms. The van der Waals surface area contributed by atoms with Gasteiger partial charge in [-0.25, -0.2) is 0 Å². The lowest BCUT2D eigenvalue weighted by molar-refractivity contribution is 0.475. The predicted molar refractivity (Wildman–Crippen MR) is 43.2 cm³/mol. The highest BCUT2D eigenvalue weighted by Gasteiger charge is 2.11. The number of rotatable bonds is 3. The van der Waals surface area contributed by atoms with Gasteiger partial charge in [0.15, 0.2) is 0 Å². The zero-order valence-corrected chi connectivity index (χ0v) is 6.94. The van der Waals surface area contributed by atoms with Crippen LogP contribution in [0.3, 0.4) is 0 Å². The quantitative estimate of drug-likeness (QED) is 0.517. The Hall–Kier alpha value is -0.330. The number of aliphatic imine (C=N–C) groups is 1. The molecule has 0 saturated carbocycles. The van der Waals surface area contributed by atoms with Crippen molar-refractivity contribution in [3.05, 3.63) is 0 Å². The van der Waals surface area contributed by atoms with Gasteiger partial charge >= 0.3 is 0 Å². The normalized spacial score (nSPS) is 12.9. The monoisotopic (exact) mass is 127 g/mol. The van der Waals surface area contributed by atoms with Crippen LogP contribution in [0.4, 0.5) is 0 Å². The molecule has 0 aliphatic carbocycles. The molecule has 0 aliphatic heterocycles. The lowest BCUT2D eigenvalue weighted by atomic mass is 10.0. The molecule has 1 nitrogen and oxygen atoms in total. The molecule has 0 atom stereocenters. The van der Waals surface area contributed by atoms with E-state index < -0.39 is 0 Å². The molecule has 0 rings (SSSR count). The average molecular weight is 127 g/mol. The average Bonchev–Trinajstić information content (AvgIpc) is 1.64. The van der Waals surface area contributed by atoms with Crippen LogP contribution in [-0.2, 0) is 0 Å². The van der Waals surface area contributed by atoms with Crippen molar-refractivity contribution in [3.8, 4) is 0 Å². The topological polar surface area (TPSA) is 12.4 Å². The van der Waals surface area contributed by atoms with Crippen molar-refractivity contribution in [3.63, 3.8) is 0 Å². The van der Waals surface area contributed by atoms with Crippen molar-refractivity contribution in [1.82, 2.24) is 0 Å². The minimum absolute atomic E-state index is 0.170. The number of nitrogens with zero attached hydrogens (tertiary/aromatic N) is 1. The molecular weight excluding hydrogens is 110 g/mol. The van der Waals surface area contributed by atoms with Gasteiger partial charge in [0.2, 0.25) is 0 Å². The maximum Gasteiger partial charge on any atom is 0.0548 e. The van der Waals surface area contributed by atoms with Gasteiger partial charge in [0.05, 0.1) is 5.54 Å². The molecular formula is C8H17N. The molecule has 0 N–H and O–H groups in total. The van der Waals surface area contributed by atoms with Gasteiger partial charge in [0.25, 0.3) is 0 Å². The molecule has 0 amide bonds. The minimum atomic E-state index is 0.170. The highest BCUT2D eigenvalue weighted by atomic mass is 14.8. The highest BCUT2D eigenvalue weighted by Crippen LogP contribution is 2.14. The lowest BCUT2D eigenvalue weighted by Crippen LogP contribution is -2.15. The van der Waals surface area contributed by atoms with Gasteiger partial charge in [0.1, 0.15) is 0 Å². The van der Waals surface area contributed by atoms with Gasteiger partial charge in [-0.15, -0.1) is 0 Å². The molecule has 1 heteroatoms. The summed E-state index contributed by atoms with van der Waals surface area (Å²) in [5.41, 5.74) is 0.170. The Balaban J connectivity index is 3.70. The van der Waals surface area contributed by atoms with Crippen molar-refractivity contribution >= 4 is 6.21 Å². The third kappa shape index (κ3) is 4.19. The second-order valence-electron chi connectivity index (χ2n) is 2.95.